The van der Waals surface area contributed by atoms with Crippen LogP contribution in [0, 0.1) is 0 Å². The highest BCUT2D eigenvalue weighted by Crippen LogP contribution is 2.26. The number of pyridine rings is 1. The molecule has 1 aliphatic heterocycles. The third-order valence-electron chi connectivity index (χ3n) is 4.30. The van der Waals surface area contributed by atoms with Crippen LogP contribution in [-0.2, 0) is 4.74 Å². The van der Waals surface area contributed by atoms with Crippen LogP contribution in [0.4, 0.5) is 0 Å². The van der Waals surface area contributed by atoms with Gasteiger partial charge in [-0.1, -0.05) is 47.5 Å². The van der Waals surface area contributed by atoms with Crippen LogP contribution < -0.4 is 5.32 Å². The van der Waals surface area contributed by atoms with E-state index in [1.807, 2.05) is 19.2 Å². The monoisotopic (exact) mass is 365 g/mol. The molecule has 0 saturated carbocycles. The second-order valence-electron chi connectivity index (χ2n) is 5.88. The zero-order valence-electron chi connectivity index (χ0n) is 13.6. The maximum Gasteiger partial charge on any atom is 0.131 e. The van der Waals surface area contributed by atoms with Crippen LogP contribution in [0.1, 0.15) is 11.6 Å². The van der Waals surface area contributed by atoms with Gasteiger partial charge in [-0.2, -0.15) is 0 Å². The molecule has 1 unspecified atom stereocenters. The summed E-state index contributed by atoms with van der Waals surface area (Å²) < 4.78 is 5.42. The minimum Gasteiger partial charge on any atom is -0.379 e. The molecule has 2 aromatic rings. The zero-order valence-corrected chi connectivity index (χ0v) is 15.1. The van der Waals surface area contributed by atoms with Gasteiger partial charge in [0.05, 0.1) is 13.2 Å². The number of halogens is 2. The van der Waals surface area contributed by atoms with E-state index in [1.54, 1.807) is 0 Å². The highest BCUT2D eigenvalue weighted by atomic mass is 35.5. The van der Waals surface area contributed by atoms with Gasteiger partial charge in [0.1, 0.15) is 10.3 Å². The fourth-order valence-electron chi connectivity index (χ4n) is 2.94. The van der Waals surface area contributed by atoms with E-state index in [0.717, 1.165) is 44.0 Å². The minimum absolute atomic E-state index is 0.293. The predicted molar refractivity (Wildman–Crippen MR) is 98.8 cm³/mol. The van der Waals surface area contributed by atoms with Crippen molar-refractivity contribution in [1.29, 1.82) is 0 Å². The predicted octanol–water partition coefficient (Wildman–Crippen LogP) is 3.65. The molecule has 1 aromatic heterocycles. The third-order valence-corrected chi connectivity index (χ3v) is 4.69. The first kappa shape index (κ1) is 17.6. The summed E-state index contributed by atoms with van der Waals surface area (Å²) in [5.74, 6) is 0. The SMILES string of the molecule is CNC(CN1CCOCC1)c1ccc(-c2cc(Cl)nc(Cl)c2)cc1. The average Bonchev–Trinajstić information content (AvgIpc) is 2.60. The van der Waals surface area contributed by atoms with E-state index in [1.165, 1.54) is 5.56 Å². The Morgan fingerprint density at radius 1 is 1.08 bits per heavy atom. The standard InChI is InChI=1S/C18H21Cl2N3O/c1-21-16(12-23-6-8-24-9-7-23)14-4-2-13(3-5-14)15-10-17(19)22-18(20)11-15/h2-5,10-11,16,21H,6-9,12H2,1H3. The molecule has 128 valence electrons. The number of likely N-dealkylation sites (N-methyl/N-ethyl adjacent to an activating group) is 1. The van der Waals surface area contributed by atoms with Crippen molar-refractivity contribution < 1.29 is 4.74 Å². The van der Waals surface area contributed by atoms with Crippen molar-refractivity contribution in [3.8, 4) is 11.1 Å². The number of nitrogens with zero attached hydrogens (tertiary/aromatic N) is 2. The molecule has 0 bridgehead atoms. The van der Waals surface area contributed by atoms with E-state index in [9.17, 15) is 0 Å². The molecular weight excluding hydrogens is 345 g/mol. The number of hydrogen-bond acceptors (Lipinski definition) is 4. The van der Waals surface area contributed by atoms with Gasteiger partial charge < -0.3 is 10.1 Å². The Morgan fingerprint density at radius 2 is 1.71 bits per heavy atom. The summed E-state index contributed by atoms with van der Waals surface area (Å²) in [6, 6.07) is 12.4. The summed E-state index contributed by atoms with van der Waals surface area (Å²) >= 11 is 12.0. The number of rotatable bonds is 5. The lowest BCUT2D eigenvalue weighted by Gasteiger charge is -2.30. The largest absolute Gasteiger partial charge is 0.379 e. The number of nitrogens with one attached hydrogen (secondary N) is 1. The maximum absolute atomic E-state index is 5.99. The van der Waals surface area contributed by atoms with Crippen LogP contribution in [0.3, 0.4) is 0 Å². The quantitative estimate of drug-likeness (QED) is 0.820. The Bertz CT molecular complexity index is 652. The van der Waals surface area contributed by atoms with Crippen molar-refractivity contribution in [1.82, 2.24) is 15.2 Å². The topological polar surface area (TPSA) is 37.4 Å². The van der Waals surface area contributed by atoms with Crippen LogP contribution in [0.2, 0.25) is 10.3 Å². The van der Waals surface area contributed by atoms with E-state index < -0.39 is 0 Å². The van der Waals surface area contributed by atoms with Gasteiger partial charge in [0.25, 0.3) is 0 Å². The first-order valence-corrected chi connectivity index (χ1v) is 8.82. The van der Waals surface area contributed by atoms with Gasteiger partial charge in [-0.25, -0.2) is 4.98 Å². The average molecular weight is 366 g/mol. The Kier molecular flexibility index (Phi) is 6.09. The first-order chi connectivity index (χ1) is 11.7. The van der Waals surface area contributed by atoms with Gasteiger partial charge in [0.15, 0.2) is 0 Å². The molecule has 0 spiro atoms. The Hall–Kier alpha value is -1.17. The summed E-state index contributed by atoms with van der Waals surface area (Å²) in [5.41, 5.74) is 3.31. The summed E-state index contributed by atoms with van der Waals surface area (Å²) in [6.07, 6.45) is 0. The molecule has 0 radical (unpaired) electrons. The molecule has 4 nitrogen and oxygen atoms in total. The fraction of sp³-hybridized carbons (Fsp3) is 0.389. The molecule has 24 heavy (non-hydrogen) atoms. The van der Waals surface area contributed by atoms with E-state index in [2.05, 4.69) is 39.5 Å². The normalized spacial score (nSPS) is 17.0. The Balaban J connectivity index is 1.74. The number of ether oxygens (including phenoxy) is 1. The Labute approximate surface area is 152 Å². The van der Waals surface area contributed by atoms with Crippen molar-refractivity contribution in [2.24, 2.45) is 0 Å². The van der Waals surface area contributed by atoms with E-state index in [-0.39, 0.29) is 0 Å². The number of morpholine rings is 1. The number of aromatic nitrogens is 1. The van der Waals surface area contributed by atoms with Crippen LogP contribution >= 0.6 is 23.2 Å². The van der Waals surface area contributed by atoms with Gasteiger partial charge in [-0.15, -0.1) is 0 Å². The maximum atomic E-state index is 5.99. The molecule has 1 saturated heterocycles. The first-order valence-electron chi connectivity index (χ1n) is 8.06. The second kappa shape index (κ2) is 8.28. The summed E-state index contributed by atoms with van der Waals surface area (Å²) in [5, 5.41) is 4.22. The third kappa shape index (κ3) is 4.47. The van der Waals surface area contributed by atoms with Crippen LogP contribution in [0.15, 0.2) is 36.4 Å². The van der Waals surface area contributed by atoms with Crippen LogP contribution in [0.25, 0.3) is 11.1 Å². The van der Waals surface area contributed by atoms with Gasteiger partial charge in [-0.3, -0.25) is 4.90 Å². The molecule has 1 atom stereocenters. The Morgan fingerprint density at radius 3 is 2.29 bits per heavy atom. The molecule has 1 fully saturated rings. The van der Waals surface area contributed by atoms with Crippen molar-refractivity contribution in [3.05, 3.63) is 52.3 Å². The molecule has 6 heteroatoms. The van der Waals surface area contributed by atoms with E-state index in [0.29, 0.717) is 16.3 Å². The zero-order chi connectivity index (χ0) is 16.9. The fourth-order valence-corrected chi connectivity index (χ4v) is 3.41. The van der Waals surface area contributed by atoms with Gasteiger partial charge >= 0.3 is 0 Å². The van der Waals surface area contributed by atoms with Crippen molar-refractivity contribution in [2.75, 3.05) is 39.9 Å². The highest BCUT2D eigenvalue weighted by Gasteiger charge is 2.17. The molecule has 1 aromatic carbocycles. The minimum atomic E-state index is 0.293. The van der Waals surface area contributed by atoms with Gasteiger partial charge in [0.2, 0.25) is 0 Å². The van der Waals surface area contributed by atoms with Crippen molar-refractivity contribution >= 4 is 23.2 Å². The molecule has 1 aliphatic rings. The lowest BCUT2D eigenvalue weighted by Crippen LogP contribution is -2.41. The summed E-state index contributed by atoms with van der Waals surface area (Å²) in [4.78, 5) is 6.42. The lowest BCUT2D eigenvalue weighted by molar-refractivity contribution is 0.0338. The van der Waals surface area contributed by atoms with E-state index >= 15 is 0 Å². The van der Waals surface area contributed by atoms with E-state index in [4.69, 9.17) is 27.9 Å². The lowest BCUT2D eigenvalue weighted by atomic mass is 10.0. The summed E-state index contributed by atoms with van der Waals surface area (Å²) in [7, 11) is 2.00. The smallest absolute Gasteiger partial charge is 0.131 e. The molecule has 1 N–H and O–H groups in total. The van der Waals surface area contributed by atoms with Gasteiger partial charge in [0, 0.05) is 25.7 Å². The summed E-state index contributed by atoms with van der Waals surface area (Å²) in [6.45, 7) is 4.60. The van der Waals surface area contributed by atoms with Crippen molar-refractivity contribution in [2.45, 2.75) is 6.04 Å². The number of benzene rings is 1. The molecule has 3 rings (SSSR count). The number of hydrogen-bond donors (Lipinski definition) is 1. The second-order valence-corrected chi connectivity index (χ2v) is 6.65. The molecular formula is C18H21Cl2N3O. The van der Waals surface area contributed by atoms with Gasteiger partial charge in [-0.05, 0) is 35.9 Å². The van der Waals surface area contributed by atoms with Crippen molar-refractivity contribution in [3.63, 3.8) is 0 Å². The molecule has 0 aliphatic carbocycles. The van der Waals surface area contributed by atoms with Crippen LogP contribution in [-0.4, -0.2) is 49.8 Å². The molecule has 2 heterocycles. The highest BCUT2D eigenvalue weighted by molar-refractivity contribution is 6.32. The van der Waals surface area contributed by atoms with Crippen LogP contribution in [0.5, 0.6) is 0 Å². The molecule has 0 amide bonds.